The van der Waals surface area contributed by atoms with Gasteiger partial charge in [-0.05, 0) is 42.1 Å². The van der Waals surface area contributed by atoms with Gasteiger partial charge in [-0.25, -0.2) is 0 Å². The lowest BCUT2D eigenvalue weighted by Gasteiger charge is -2.07. The number of benzene rings is 1. The van der Waals surface area contributed by atoms with Crippen LogP contribution in [0.15, 0.2) is 41.8 Å². The molecule has 0 aliphatic rings. The van der Waals surface area contributed by atoms with Crippen LogP contribution in [0.2, 0.25) is 0 Å². The smallest absolute Gasteiger partial charge is 0.306 e. The van der Waals surface area contributed by atoms with E-state index in [9.17, 15) is 19.2 Å². The summed E-state index contributed by atoms with van der Waals surface area (Å²) in [6, 6.07) is 10.0. The summed E-state index contributed by atoms with van der Waals surface area (Å²) in [5.74, 6) is -1.45. The number of imide groups is 1. The molecule has 0 radical (unpaired) electrons. The number of hydrogen-bond acceptors (Lipinski definition) is 7. The topological polar surface area (TPSA) is 98.8 Å². The van der Waals surface area contributed by atoms with E-state index in [2.05, 4.69) is 12.2 Å². The number of carbonyl (C=O) groups excluding carboxylic acids is 4. The molecule has 1 heterocycles. The van der Waals surface area contributed by atoms with Crippen molar-refractivity contribution in [1.29, 1.82) is 0 Å². The molecule has 2 rings (SSSR count). The van der Waals surface area contributed by atoms with Crippen LogP contribution in [0.25, 0.3) is 0 Å². The van der Waals surface area contributed by atoms with Gasteiger partial charge in [-0.2, -0.15) is 0 Å². The molecule has 0 fully saturated rings. The largest absolute Gasteiger partial charge is 0.494 e. The van der Waals surface area contributed by atoms with Gasteiger partial charge in [0.2, 0.25) is 0 Å². The average molecular weight is 432 g/mol. The third kappa shape index (κ3) is 8.16. The maximum absolute atomic E-state index is 12.2. The summed E-state index contributed by atoms with van der Waals surface area (Å²) >= 11 is 1.20. The molecule has 2 amide bonds. The Kier molecular flexibility index (Phi) is 9.73. The van der Waals surface area contributed by atoms with Crippen molar-refractivity contribution in [2.45, 2.75) is 39.0 Å². The zero-order valence-electron chi connectivity index (χ0n) is 16.8. The lowest BCUT2D eigenvalue weighted by molar-refractivity contribution is -0.148. The molecule has 0 aliphatic heterocycles. The maximum atomic E-state index is 12.2. The molecular formula is C22H25NO6S. The Labute approximate surface area is 179 Å². The van der Waals surface area contributed by atoms with Gasteiger partial charge in [0.25, 0.3) is 11.8 Å². The van der Waals surface area contributed by atoms with Crippen LogP contribution in [0, 0.1) is 0 Å². The number of carbonyl (C=O) groups is 4. The van der Waals surface area contributed by atoms with Crippen LogP contribution in [0.4, 0.5) is 0 Å². The molecule has 1 aromatic carbocycles. The van der Waals surface area contributed by atoms with Crippen molar-refractivity contribution in [2.24, 2.45) is 0 Å². The highest BCUT2D eigenvalue weighted by Crippen LogP contribution is 2.15. The number of amides is 2. The van der Waals surface area contributed by atoms with E-state index in [1.54, 1.807) is 41.8 Å². The number of thiophene rings is 1. The van der Waals surface area contributed by atoms with Crippen LogP contribution in [-0.4, -0.2) is 36.8 Å². The standard InChI is InChI=1S/C22H25NO6S/c1-2-3-4-13-28-17-9-7-16(8-10-17)18(24)11-12-21(26)29-15-20(25)23-22(27)19-6-5-14-30-19/h5-10,14H,2-4,11-13,15H2,1H3,(H,23,25,27). The van der Waals surface area contributed by atoms with E-state index in [-0.39, 0.29) is 18.6 Å². The lowest BCUT2D eigenvalue weighted by Crippen LogP contribution is -2.33. The van der Waals surface area contributed by atoms with Gasteiger partial charge < -0.3 is 9.47 Å². The normalized spacial score (nSPS) is 10.3. The maximum Gasteiger partial charge on any atom is 0.306 e. The first-order chi connectivity index (χ1) is 14.5. The molecular weight excluding hydrogens is 406 g/mol. The third-order valence-electron chi connectivity index (χ3n) is 4.11. The highest BCUT2D eigenvalue weighted by atomic mass is 32.1. The Balaban J connectivity index is 1.66. The van der Waals surface area contributed by atoms with E-state index in [4.69, 9.17) is 9.47 Å². The molecule has 160 valence electrons. The molecule has 1 aromatic heterocycles. The summed E-state index contributed by atoms with van der Waals surface area (Å²) in [5.41, 5.74) is 0.475. The van der Waals surface area contributed by atoms with Gasteiger partial charge in [0.1, 0.15) is 5.75 Å². The molecule has 0 unspecified atom stereocenters. The predicted molar refractivity (Wildman–Crippen MR) is 113 cm³/mol. The van der Waals surface area contributed by atoms with E-state index in [0.29, 0.717) is 22.8 Å². The van der Waals surface area contributed by atoms with Crippen molar-refractivity contribution >= 4 is 34.9 Å². The molecule has 2 aromatic rings. The number of ether oxygens (including phenoxy) is 2. The number of nitrogens with one attached hydrogen (secondary N) is 1. The van der Waals surface area contributed by atoms with Crippen LogP contribution in [0.1, 0.15) is 59.1 Å². The Hall–Kier alpha value is -3.00. The van der Waals surface area contributed by atoms with E-state index < -0.39 is 24.4 Å². The summed E-state index contributed by atoms with van der Waals surface area (Å²) in [6.45, 7) is 2.19. The first kappa shape index (κ1) is 23.3. The van der Waals surface area contributed by atoms with Crippen LogP contribution in [0.5, 0.6) is 5.75 Å². The van der Waals surface area contributed by atoms with E-state index in [1.165, 1.54) is 11.3 Å². The van der Waals surface area contributed by atoms with Gasteiger partial charge in [0, 0.05) is 12.0 Å². The first-order valence-corrected chi connectivity index (χ1v) is 10.7. The van der Waals surface area contributed by atoms with Crippen LogP contribution >= 0.6 is 11.3 Å². The second-order valence-electron chi connectivity index (χ2n) is 6.52. The minimum atomic E-state index is -0.720. The lowest BCUT2D eigenvalue weighted by atomic mass is 10.1. The zero-order valence-corrected chi connectivity index (χ0v) is 17.7. The van der Waals surface area contributed by atoms with E-state index >= 15 is 0 Å². The summed E-state index contributed by atoms with van der Waals surface area (Å²) in [4.78, 5) is 47.8. The summed E-state index contributed by atoms with van der Waals surface area (Å²) < 4.78 is 10.4. The van der Waals surface area contributed by atoms with Gasteiger partial charge in [-0.1, -0.05) is 25.8 Å². The highest BCUT2D eigenvalue weighted by Gasteiger charge is 2.15. The van der Waals surface area contributed by atoms with Crippen molar-refractivity contribution in [2.75, 3.05) is 13.2 Å². The van der Waals surface area contributed by atoms with Crippen molar-refractivity contribution in [3.63, 3.8) is 0 Å². The monoisotopic (exact) mass is 431 g/mol. The fourth-order valence-corrected chi connectivity index (χ4v) is 3.11. The third-order valence-corrected chi connectivity index (χ3v) is 4.98. The molecule has 0 aliphatic carbocycles. The van der Waals surface area contributed by atoms with Crippen LogP contribution in [0.3, 0.4) is 0 Å². The number of ketones is 1. The first-order valence-electron chi connectivity index (χ1n) is 9.79. The Bertz CT molecular complexity index is 845. The molecule has 0 saturated carbocycles. The SMILES string of the molecule is CCCCCOc1ccc(C(=O)CCC(=O)OCC(=O)NC(=O)c2cccs2)cc1. The zero-order chi connectivity index (χ0) is 21.8. The molecule has 0 atom stereocenters. The Morgan fingerprint density at radius 3 is 2.43 bits per heavy atom. The fraction of sp³-hybridized carbons (Fsp3) is 0.364. The van der Waals surface area contributed by atoms with Crippen molar-refractivity contribution in [3.05, 3.63) is 52.2 Å². The van der Waals surface area contributed by atoms with Crippen LogP contribution in [-0.2, 0) is 14.3 Å². The van der Waals surface area contributed by atoms with Gasteiger partial charge in [0.05, 0.1) is 17.9 Å². The molecule has 7 nitrogen and oxygen atoms in total. The van der Waals surface area contributed by atoms with E-state index in [1.807, 2.05) is 0 Å². The summed E-state index contributed by atoms with van der Waals surface area (Å²) in [7, 11) is 0. The minimum absolute atomic E-state index is 0.0364. The fourth-order valence-electron chi connectivity index (χ4n) is 2.49. The van der Waals surface area contributed by atoms with Crippen LogP contribution < -0.4 is 10.1 Å². The molecule has 1 N–H and O–H groups in total. The number of esters is 1. The number of Topliss-reactive ketones (excluding diaryl/α,β-unsaturated/α-hetero) is 1. The number of rotatable bonds is 12. The van der Waals surface area contributed by atoms with Gasteiger partial charge in [0.15, 0.2) is 12.4 Å². The van der Waals surface area contributed by atoms with Crippen molar-refractivity contribution in [1.82, 2.24) is 5.32 Å². The average Bonchev–Trinajstić information content (AvgIpc) is 3.29. The minimum Gasteiger partial charge on any atom is -0.494 e. The van der Waals surface area contributed by atoms with Crippen molar-refractivity contribution in [3.8, 4) is 5.75 Å². The van der Waals surface area contributed by atoms with Gasteiger partial charge in [-0.15, -0.1) is 11.3 Å². The number of unbranched alkanes of at least 4 members (excludes halogenated alkanes) is 2. The Morgan fingerprint density at radius 1 is 1.00 bits per heavy atom. The molecule has 0 spiro atoms. The second kappa shape index (κ2) is 12.5. The van der Waals surface area contributed by atoms with Gasteiger partial charge in [-0.3, -0.25) is 24.5 Å². The summed E-state index contributed by atoms with van der Waals surface area (Å²) in [6.07, 6.45) is 3.03. The summed E-state index contributed by atoms with van der Waals surface area (Å²) in [5, 5.41) is 3.84. The van der Waals surface area contributed by atoms with Crippen molar-refractivity contribution < 1.29 is 28.7 Å². The molecule has 0 saturated heterocycles. The molecule has 30 heavy (non-hydrogen) atoms. The molecule has 8 heteroatoms. The number of hydrogen-bond donors (Lipinski definition) is 1. The predicted octanol–water partition coefficient (Wildman–Crippen LogP) is 3.78. The Morgan fingerprint density at radius 2 is 1.77 bits per heavy atom. The second-order valence-corrected chi connectivity index (χ2v) is 7.47. The van der Waals surface area contributed by atoms with E-state index in [0.717, 1.165) is 19.3 Å². The van der Waals surface area contributed by atoms with Gasteiger partial charge >= 0.3 is 5.97 Å². The highest BCUT2D eigenvalue weighted by molar-refractivity contribution is 7.12. The molecule has 0 bridgehead atoms. The quantitative estimate of drug-likeness (QED) is 0.312.